The summed E-state index contributed by atoms with van der Waals surface area (Å²) in [5, 5.41) is 4.01. The van der Waals surface area contributed by atoms with Crippen molar-refractivity contribution < 1.29 is 14.3 Å². The molecule has 1 N–H and O–H groups in total. The van der Waals surface area contributed by atoms with Gasteiger partial charge >= 0.3 is 6.09 Å². The van der Waals surface area contributed by atoms with E-state index in [2.05, 4.69) is 5.32 Å². The van der Waals surface area contributed by atoms with E-state index in [0.29, 0.717) is 12.0 Å². The molecule has 1 heterocycles. The molecule has 0 unspecified atom stereocenters. The summed E-state index contributed by atoms with van der Waals surface area (Å²) < 4.78 is 6.36. The van der Waals surface area contributed by atoms with Crippen LogP contribution in [0.25, 0.3) is 17.0 Å². The number of methoxy groups -OCH3 is 1. The number of amides is 1. The highest BCUT2D eigenvalue weighted by Gasteiger charge is 2.16. The van der Waals surface area contributed by atoms with Crippen LogP contribution in [0.15, 0.2) is 66.4 Å². The molecule has 2 aromatic carbocycles. The van der Waals surface area contributed by atoms with Gasteiger partial charge in [0.05, 0.1) is 12.6 Å². The maximum atomic E-state index is 12.5. The van der Waals surface area contributed by atoms with Crippen molar-refractivity contribution >= 4 is 29.0 Å². The molecule has 0 aliphatic carbocycles. The minimum Gasteiger partial charge on any atom is -0.452 e. The van der Waals surface area contributed by atoms with Crippen LogP contribution in [-0.2, 0) is 16.0 Å². The summed E-state index contributed by atoms with van der Waals surface area (Å²) >= 11 is 0. The second-order valence-electron chi connectivity index (χ2n) is 6.83. The topological polar surface area (TPSA) is 60.3 Å². The smallest absolute Gasteiger partial charge is 0.418 e. The fourth-order valence-corrected chi connectivity index (χ4v) is 3.25. The SMILES string of the molecule is COC(=O)n1cc(C[C@@H](C)NC(=O)C(C)=Cc2ccccc2)c2ccccc21. The van der Waals surface area contributed by atoms with Crippen LogP contribution in [0, 0.1) is 0 Å². The molecule has 5 heteroatoms. The highest BCUT2D eigenvalue weighted by Crippen LogP contribution is 2.23. The van der Waals surface area contributed by atoms with E-state index in [-0.39, 0.29) is 11.9 Å². The number of para-hydroxylation sites is 1. The zero-order valence-electron chi connectivity index (χ0n) is 16.3. The van der Waals surface area contributed by atoms with Crippen molar-refractivity contribution in [2.24, 2.45) is 0 Å². The second-order valence-corrected chi connectivity index (χ2v) is 6.83. The van der Waals surface area contributed by atoms with Crippen molar-refractivity contribution in [3.05, 3.63) is 77.5 Å². The van der Waals surface area contributed by atoms with Gasteiger partial charge in [-0.1, -0.05) is 48.5 Å². The molecule has 0 saturated carbocycles. The molecule has 0 radical (unpaired) electrons. The molecule has 0 fully saturated rings. The third-order valence-corrected chi connectivity index (χ3v) is 4.61. The summed E-state index contributed by atoms with van der Waals surface area (Å²) in [5.74, 6) is -0.104. The average molecular weight is 376 g/mol. The maximum Gasteiger partial charge on any atom is 0.418 e. The molecule has 28 heavy (non-hydrogen) atoms. The molecule has 3 aromatic rings. The summed E-state index contributed by atoms with van der Waals surface area (Å²) in [4.78, 5) is 24.5. The predicted molar refractivity (Wildman–Crippen MR) is 111 cm³/mol. The second kappa shape index (κ2) is 8.57. The molecule has 0 aliphatic heterocycles. The molecule has 0 bridgehead atoms. The summed E-state index contributed by atoms with van der Waals surface area (Å²) in [6.45, 7) is 3.76. The summed E-state index contributed by atoms with van der Waals surface area (Å²) in [6, 6.07) is 17.3. The number of carbonyl (C=O) groups excluding carboxylic acids is 2. The Morgan fingerprint density at radius 2 is 1.79 bits per heavy atom. The van der Waals surface area contributed by atoms with E-state index in [1.807, 2.05) is 67.6 Å². The summed E-state index contributed by atoms with van der Waals surface area (Å²) in [7, 11) is 1.36. The first-order chi connectivity index (χ1) is 13.5. The summed E-state index contributed by atoms with van der Waals surface area (Å²) in [6.07, 6.45) is 3.83. The Morgan fingerprint density at radius 1 is 1.11 bits per heavy atom. The van der Waals surface area contributed by atoms with Crippen LogP contribution in [0.2, 0.25) is 0 Å². The van der Waals surface area contributed by atoms with Crippen LogP contribution in [0.1, 0.15) is 25.0 Å². The number of nitrogens with one attached hydrogen (secondary N) is 1. The van der Waals surface area contributed by atoms with Gasteiger partial charge in [-0.05, 0) is 43.5 Å². The number of nitrogens with zero attached hydrogens (tertiary/aromatic N) is 1. The summed E-state index contributed by atoms with van der Waals surface area (Å²) in [5.41, 5.74) is 3.42. The van der Waals surface area contributed by atoms with Gasteiger partial charge in [0.1, 0.15) is 0 Å². The normalized spacial score (nSPS) is 12.6. The lowest BCUT2D eigenvalue weighted by atomic mass is 10.1. The lowest BCUT2D eigenvalue weighted by Crippen LogP contribution is -2.34. The van der Waals surface area contributed by atoms with Crippen molar-refractivity contribution in [1.29, 1.82) is 0 Å². The van der Waals surface area contributed by atoms with Crippen LogP contribution in [0.5, 0.6) is 0 Å². The number of hydrogen-bond donors (Lipinski definition) is 1. The van der Waals surface area contributed by atoms with Gasteiger partial charge < -0.3 is 10.1 Å². The number of benzene rings is 2. The Bertz CT molecular complexity index is 1020. The molecular formula is C23H24N2O3. The van der Waals surface area contributed by atoms with Gasteiger partial charge in [0, 0.05) is 23.2 Å². The first-order valence-electron chi connectivity index (χ1n) is 9.21. The quantitative estimate of drug-likeness (QED) is 0.671. The zero-order chi connectivity index (χ0) is 20.1. The third kappa shape index (κ3) is 4.31. The average Bonchev–Trinajstić information content (AvgIpc) is 3.06. The molecule has 0 aliphatic rings. The molecule has 144 valence electrons. The van der Waals surface area contributed by atoms with Crippen LogP contribution < -0.4 is 5.32 Å². The Balaban J connectivity index is 1.74. The van der Waals surface area contributed by atoms with E-state index in [0.717, 1.165) is 22.0 Å². The molecule has 0 saturated heterocycles. The van der Waals surface area contributed by atoms with E-state index in [1.54, 1.807) is 13.1 Å². The number of carbonyl (C=O) groups is 2. The van der Waals surface area contributed by atoms with Crippen molar-refractivity contribution in [3.63, 3.8) is 0 Å². The number of ether oxygens (including phenoxy) is 1. The van der Waals surface area contributed by atoms with Crippen molar-refractivity contribution in [1.82, 2.24) is 9.88 Å². The fraction of sp³-hybridized carbons (Fsp3) is 0.217. The number of aromatic nitrogens is 1. The van der Waals surface area contributed by atoms with Crippen LogP contribution in [-0.4, -0.2) is 29.7 Å². The largest absolute Gasteiger partial charge is 0.452 e. The van der Waals surface area contributed by atoms with Gasteiger partial charge in [0.2, 0.25) is 5.91 Å². The van der Waals surface area contributed by atoms with Gasteiger partial charge in [0.25, 0.3) is 0 Å². The molecule has 1 atom stereocenters. The van der Waals surface area contributed by atoms with Gasteiger partial charge in [-0.2, -0.15) is 0 Å². The first-order valence-corrected chi connectivity index (χ1v) is 9.21. The Morgan fingerprint density at radius 3 is 2.50 bits per heavy atom. The van der Waals surface area contributed by atoms with E-state index >= 15 is 0 Å². The molecule has 1 amide bonds. The van der Waals surface area contributed by atoms with Crippen molar-refractivity contribution in [2.75, 3.05) is 7.11 Å². The standard InChI is InChI=1S/C23H24N2O3/c1-16(13-18-9-5-4-6-10-18)22(26)24-17(2)14-19-15-25(23(27)28-3)21-12-8-7-11-20(19)21/h4-13,15,17H,14H2,1-3H3,(H,24,26)/t17-/m1/s1. The molecular weight excluding hydrogens is 352 g/mol. The van der Waals surface area contributed by atoms with Gasteiger partial charge in [0.15, 0.2) is 0 Å². The first kappa shape index (κ1) is 19.4. The molecule has 0 spiro atoms. The van der Waals surface area contributed by atoms with Gasteiger partial charge in [-0.3, -0.25) is 9.36 Å². The lowest BCUT2D eigenvalue weighted by Gasteiger charge is -2.14. The van der Waals surface area contributed by atoms with Gasteiger partial charge in [-0.25, -0.2) is 4.79 Å². The Labute approximate surface area is 164 Å². The van der Waals surface area contributed by atoms with Crippen LogP contribution in [0.3, 0.4) is 0 Å². The van der Waals surface area contributed by atoms with E-state index in [1.165, 1.54) is 11.7 Å². The molecule has 1 aromatic heterocycles. The molecule has 5 nitrogen and oxygen atoms in total. The van der Waals surface area contributed by atoms with E-state index in [9.17, 15) is 9.59 Å². The highest BCUT2D eigenvalue weighted by atomic mass is 16.5. The van der Waals surface area contributed by atoms with Crippen LogP contribution in [0.4, 0.5) is 4.79 Å². The van der Waals surface area contributed by atoms with E-state index < -0.39 is 6.09 Å². The fourth-order valence-electron chi connectivity index (χ4n) is 3.25. The van der Waals surface area contributed by atoms with Crippen molar-refractivity contribution in [3.8, 4) is 0 Å². The predicted octanol–water partition coefficient (Wildman–Crippen LogP) is 4.41. The highest BCUT2D eigenvalue weighted by molar-refractivity contribution is 5.97. The zero-order valence-corrected chi connectivity index (χ0v) is 16.3. The number of fused-ring (bicyclic) bond motifs is 1. The van der Waals surface area contributed by atoms with Crippen molar-refractivity contribution in [2.45, 2.75) is 26.3 Å². The minimum atomic E-state index is -0.430. The van der Waals surface area contributed by atoms with Gasteiger partial charge in [-0.15, -0.1) is 0 Å². The monoisotopic (exact) mass is 376 g/mol. The third-order valence-electron chi connectivity index (χ3n) is 4.61. The van der Waals surface area contributed by atoms with E-state index in [4.69, 9.17) is 4.74 Å². The Kier molecular flexibility index (Phi) is 5.94. The molecule has 3 rings (SSSR count). The number of hydrogen-bond acceptors (Lipinski definition) is 3. The Hall–Kier alpha value is -3.34. The lowest BCUT2D eigenvalue weighted by molar-refractivity contribution is -0.117. The minimum absolute atomic E-state index is 0.0940. The maximum absolute atomic E-state index is 12.5. The number of rotatable bonds is 5. The van der Waals surface area contributed by atoms with Crippen LogP contribution >= 0.6 is 0 Å².